The Hall–Kier alpha value is -2.44. The SMILES string of the molecule is CCCN(CCC)C(=O)Cn1c(-c2ccc(Cl)cc2)nc2ncccc21.O. The summed E-state index contributed by atoms with van der Waals surface area (Å²) in [5.41, 5.74) is 2.42. The van der Waals surface area contributed by atoms with Gasteiger partial charge in [0.15, 0.2) is 5.65 Å². The molecule has 1 aromatic carbocycles. The van der Waals surface area contributed by atoms with E-state index in [2.05, 4.69) is 23.8 Å². The van der Waals surface area contributed by atoms with Gasteiger partial charge in [0.2, 0.25) is 5.91 Å². The molecule has 3 aromatic rings. The van der Waals surface area contributed by atoms with E-state index < -0.39 is 0 Å². The van der Waals surface area contributed by atoms with Gasteiger partial charge >= 0.3 is 0 Å². The predicted octanol–water partition coefficient (Wildman–Crippen LogP) is 3.58. The van der Waals surface area contributed by atoms with E-state index in [0.717, 1.165) is 42.8 Å². The fraction of sp³-hybridized carbons (Fsp3) is 0.350. The van der Waals surface area contributed by atoms with Gasteiger partial charge in [-0.05, 0) is 49.2 Å². The molecule has 27 heavy (non-hydrogen) atoms. The van der Waals surface area contributed by atoms with E-state index in [1.165, 1.54) is 0 Å². The van der Waals surface area contributed by atoms with Crippen LogP contribution in [0, 0.1) is 0 Å². The van der Waals surface area contributed by atoms with Gasteiger partial charge in [-0.3, -0.25) is 4.79 Å². The average molecular weight is 389 g/mol. The monoisotopic (exact) mass is 388 g/mol. The highest BCUT2D eigenvalue weighted by Gasteiger charge is 2.19. The lowest BCUT2D eigenvalue weighted by Crippen LogP contribution is -2.35. The maximum absolute atomic E-state index is 12.9. The first-order valence-electron chi connectivity index (χ1n) is 8.99. The molecule has 0 spiro atoms. The Morgan fingerprint density at radius 1 is 1.11 bits per heavy atom. The van der Waals surface area contributed by atoms with E-state index in [9.17, 15) is 4.79 Å². The number of hydrogen-bond donors (Lipinski definition) is 0. The molecular formula is C20H25ClN4O2. The van der Waals surface area contributed by atoms with Crippen molar-refractivity contribution in [2.75, 3.05) is 13.1 Å². The average Bonchev–Trinajstić information content (AvgIpc) is 3.01. The Morgan fingerprint density at radius 2 is 1.78 bits per heavy atom. The molecule has 0 aliphatic rings. The number of carbonyl (C=O) groups is 1. The summed E-state index contributed by atoms with van der Waals surface area (Å²) in [4.78, 5) is 23.8. The van der Waals surface area contributed by atoms with Crippen molar-refractivity contribution in [3.8, 4) is 11.4 Å². The van der Waals surface area contributed by atoms with Gasteiger partial charge in [0.05, 0.1) is 5.52 Å². The van der Waals surface area contributed by atoms with Gasteiger partial charge in [-0.1, -0.05) is 25.4 Å². The lowest BCUT2D eigenvalue weighted by molar-refractivity contribution is -0.131. The second-order valence-electron chi connectivity index (χ2n) is 6.26. The normalized spacial score (nSPS) is 10.6. The zero-order valence-electron chi connectivity index (χ0n) is 15.7. The molecule has 6 nitrogen and oxygen atoms in total. The Labute approximate surface area is 164 Å². The molecule has 0 atom stereocenters. The van der Waals surface area contributed by atoms with Gasteiger partial charge in [0.25, 0.3) is 0 Å². The fourth-order valence-electron chi connectivity index (χ4n) is 3.08. The van der Waals surface area contributed by atoms with Crippen LogP contribution in [0.5, 0.6) is 0 Å². The Kier molecular flexibility index (Phi) is 7.33. The molecule has 0 unspecified atom stereocenters. The molecule has 0 saturated heterocycles. The van der Waals surface area contributed by atoms with Gasteiger partial charge < -0.3 is 14.9 Å². The van der Waals surface area contributed by atoms with Crippen molar-refractivity contribution in [1.82, 2.24) is 19.4 Å². The molecule has 1 amide bonds. The van der Waals surface area contributed by atoms with Gasteiger partial charge in [-0.2, -0.15) is 0 Å². The number of carbonyl (C=O) groups excluding carboxylic acids is 1. The number of fused-ring (bicyclic) bond motifs is 1. The summed E-state index contributed by atoms with van der Waals surface area (Å²) in [5, 5.41) is 0.669. The minimum absolute atomic E-state index is 0. The highest BCUT2D eigenvalue weighted by Crippen LogP contribution is 2.25. The summed E-state index contributed by atoms with van der Waals surface area (Å²) < 4.78 is 1.95. The summed E-state index contributed by atoms with van der Waals surface area (Å²) in [6.45, 7) is 5.97. The van der Waals surface area contributed by atoms with Crippen LogP contribution in [0.4, 0.5) is 0 Å². The lowest BCUT2D eigenvalue weighted by atomic mass is 10.2. The standard InChI is InChI=1S/C20H23ClN4O.H2O/c1-3-12-24(13-4-2)18(26)14-25-17-6-5-11-22-19(17)23-20(25)15-7-9-16(21)10-8-15;/h5-11H,3-4,12-14H2,1-2H3;1H2. The maximum atomic E-state index is 12.9. The number of amides is 1. The van der Waals surface area contributed by atoms with Crippen molar-refractivity contribution >= 4 is 28.7 Å². The number of imidazole rings is 1. The van der Waals surface area contributed by atoms with Gasteiger partial charge in [0, 0.05) is 29.9 Å². The van der Waals surface area contributed by atoms with E-state index in [4.69, 9.17) is 11.6 Å². The molecule has 0 bridgehead atoms. The van der Waals surface area contributed by atoms with Crippen LogP contribution in [0.2, 0.25) is 5.02 Å². The molecule has 2 aromatic heterocycles. The molecule has 2 N–H and O–H groups in total. The summed E-state index contributed by atoms with van der Waals surface area (Å²) in [7, 11) is 0. The quantitative estimate of drug-likeness (QED) is 0.620. The molecule has 0 saturated carbocycles. The third-order valence-electron chi connectivity index (χ3n) is 4.26. The number of halogens is 1. The maximum Gasteiger partial charge on any atom is 0.242 e. The molecule has 3 rings (SSSR count). The minimum Gasteiger partial charge on any atom is -0.412 e. The van der Waals surface area contributed by atoms with Gasteiger partial charge in [-0.25, -0.2) is 9.97 Å². The lowest BCUT2D eigenvalue weighted by Gasteiger charge is -2.22. The van der Waals surface area contributed by atoms with Crippen LogP contribution in [0.3, 0.4) is 0 Å². The van der Waals surface area contributed by atoms with Crippen LogP contribution >= 0.6 is 11.6 Å². The molecule has 0 radical (unpaired) electrons. The molecule has 7 heteroatoms. The Balaban J connectivity index is 0.00000261. The van der Waals surface area contributed by atoms with Crippen LogP contribution < -0.4 is 0 Å². The predicted molar refractivity (Wildman–Crippen MR) is 109 cm³/mol. The number of rotatable bonds is 7. The second-order valence-corrected chi connectivity index (χ2v) is 6.69. The molecule has 0 aliphatic carbocycles. The summed E-state index contributed by atoms with van der Waals surface area (Å²) >= 11 is 6.01. The van der Waals surface area contributed by atoms with Crippen molar-refractivity contribution in [2.45, 2.75) is 33.2 Å². The largest absolute Gasteiger partial charge is 0.412 e. The van der Waals surface area contributed by atoms with Crippen LogP contribution in [-0.4, -0.2) is 43.9 Å². The Bertz CT molecular complexity index is 887. The number of hydrogen-bond acceptors (Lipinski definition) is 3. The molecule has 0 aliphatic heterocycles. The second kappa shape index (κ2) is 9.48. The number of benzene rings is 1. The van der Waals surface area contributed by atoms with Crippen LogP contribution in [0.25, 0.3) is 22.6 Å². The first-order chi connectivity index (χ1) is 12.6. The summed E-state index contributed by atoms with van der Waals surface area (Å²) in [6, 6.07) is 11.3. The Morgan fingerprint density at radius 3 is 2.41 bits per heavy atom. The molecule has 144 valence electrons. The van der Waals surface area contributed by atoms with Crippen LogP contribution in [0.1, 0.15) is 26.7 Å². The van der Waals surface area contributed by atoms with E-state index in [0.29, 0.717) is 10.7 Å². The zero-order chi connectivity index (χ0) is 18.5. The number of aromatic nitrogens is 3. The van der Waals surface area contributed by atoms with Crippen molar-refractivity contribution in [1.29, 1.82) is 0 Å². The third kappa shape index (κ3) is 4.64. The van der Waals surface area contributed by atoms with Crippen molar-refractivity contribution < 1.29 is 10.3 Å². The highest BCUT2D eigenvalue weighted by atomic mass is 35.5. The van der Waals surface area contributed by atoms with Gasteiger partial charge in [-0.15, -0.1) is 0 Å². The van der Waals surface area contributed by atoms with Crippen LogP contribution in [0.15, 0.2) is 42.6 Å². The highest BCUT2D eigenvalue weighted by molar-refractivity contribution is 6.30. The first-order valence-corrected chi connectivity index (χ1v) is 9.36. The van der Waals surface area contributed by atoms with E-state index in [-0.39, 0.29) is 17.9 Å². The van der Waals surface area contributed by atoms with Crippen molar-refractivity contribution in [3.63, 3.8) is 0 Å². The van der Waals surface area contributed by atoms with E-state index >= 15 is 0 Å². The van der Waals surface area contributed by atoms with Crippen molar-refractivity contribution in [3.05, 3.63) is 47.6 Å². The van der Waals surface area contributed by atoms with E-state index in [1.54, 1.807) is 6.20 Å². The molecular weight excluding hydrogens is 364 g/mol. The smallest absolute Gasteiger partial charge is 0.242 e. The first kappa shape index (κ1) is 20.9. The number of nitrogens with zero attached hydrogens (tertiary/aromatic N) is 4. The topological polar surface area (TPSA) is 82.5 Å². The summed E-state index contributed by atoms with van der Waals surface area (Å²) in [6.07, 6.45) is 3.61. The molecule has 2 heterocycles. The van der Waals surface area contributed by atoms with Gasteiger partial charge in [0.1, 0.15) is 12.4 Å². The van der Waals surface area contributed by atoms with Crippen molar-refractivity contribution in [2.24, 2.45) is 0 Å². The third-order valence-corrected chi connectivity index (χ3v) is 4.51. The van der Waals surface area contributed by atoms with E-state index in [1.807, 2.05) is 45.9 Å². The number of pyridine rings is 1. The fourth-order valence-corrected chi connectivity index (χ4v) is 3.20. The molecule has 0 fully saturated rings. The van der Waals surface area contributed by atoms with Crippen LogP contribution in [-0.2, 0) is 11.3 Å². The summed E-state index contributed by atoms with van der Waals surface area (Å²) in [5.74, 6) is 0.837. The zero-order valence-corrected chi connectivity index (χ0v) is 16.4. The minimum atomic E-state index is 0.